The molecule has 27 heavy (non-hydrogen) atoms. The first-order valence-electron chi connectivity index (χ1n) is 8.56. The number of halogens is 2. The van der Waals surface area contributed by atoms with Gasteiger partial charge >= 0.3 is 0 Å². The maximum absolute atomic E-state index is 13.3. The molecule has 1 fully saturated rings. The lowest BCUT2D eigenvalue weighted by molar-refractivity contribution is 0.0538. The Morgan fingerprint density at radius 1 is 0.926 bits per heavy atom. The van der Waals surface area contributed by atoms with Crippen LogP contribution in [0.4, 0.5) is 4.39 Å². The maximum Gasteiger partial charge on any atom is 0.265 e. The van der Waals surface area contributed by atoms with Crippen LogP contribution >= 0.6 is 22.9 Å². The molecule has 1 saturated heterocycles. The highest BCUT2D eigenvalue weighted by Crippen LogP contribution is 2.36. The lowest BCUT2D eigenvalue weighted by Gasteiger charge is -2.34. The molecule has 0 bridgehead atoms. The number of nitrogens with zero attached hydrogens (tertiary/aromatic N) is 2. The highest BCUT2D eigenvalue weighted by atomic mass is 35.5. The molecule has 2 heterocycles. The Kier molecular flexibility index (Phi) is 4.85. The van der Waals surface area contributed by atoms with Crippen LogP contribution in [0.1, 0.15) is 20.0 Å². The van der Waals surface area contributed by atoms with E-state index >= 15 is 0 Å². The molecule has 0 N–H and O–H groups in total. The van der Waals surface area contributed by atoms with E-state index in [2.05, 4.69) is 0 Å². The molecule has 4 nitrogen and oxygen atoms in total. The van der Waals surface area contributed by atoms with Gasteiger partial charge in [0, 0.05) is 41.8 Å². The Labute approximate surface area is 164 Å². The third kappa shape index (κ3) is 3.42. The van der Waals surface area contributed by atoms with Gasteiger partial charge in [0.05, 0.1) is 5.02 Å². The second-order valence-corrected chi connectivity index (χ2v) is 7.77. The zero-order valence-electron chi connectivity index (χ0n) is 14.3. The smallest absolute Gasteiger partial charge is 0.265 e. The molecular formula is C20H16ClFN2O2S. The molecule has 0 aliphatic carbocycles. The molecule has 3 aromatic rings. The molecule has 0 atom stereocenters. The van der Waals surface area contributed by atoms with Gasteiger partial charge in [-0.3, -0.25) is 9.59 Å². The molecule has 0 radical (unpaired) electrons. The van der Waals surface area contributed by atoms with Crippen molar-refractivity contribution in [1.82, 2.24) is 9.80 Å². The van der Waals surface area contributed by atoms with Crippen LogP contribution in [-0.2, 0) is 0 Å². The summed E-state index contributed by atoms with van der Waals surface area (Å²) in [6.45, 7) is 1.65. The molecule has 138 valence electrons. The third-order valence-electron chi connectivity index (χ3n) is 4.65. The number of piperazine rings is 1. The number of hydrogen-bond donors (Lipinski definition) is 0. The summed E-state index contributed by atoms with van der Waals surface area (Å²) in [6.07, 6.45) is 0. The van der Waals surface area contributed by atoms with Crippen LogP contribution in [0.25, 0.3) is 10.1 Å². The van der Waals surface area contributed by atoms with Gasteiger partial charge in [-0.05, 0) is 24.3 Å². The zero-order chi connectivity index (χ0) is 19.0. The number of amides is 2. The Balaban J connectivity index is 1.46. The van der Waals surface area contributed by atoms with Crippen LogP contribution in [-0.4, -0.2) is 47.8 Å². The molecule has 4 rings (SSSR count). The number of hydrogen-bond acceptors (Lipinski definition) is 3. The van der Waals surface area contributed by atoms with Crippen molar-refractivity contribution in [3.63, 3.8) is 0 Å². The highest BCUT2D eigenvalue weighted by Gasteiger charge is 2.28. The second kappa shape index (κ2) is 7.29. The second-order valence-electron chi connectivity index (χ2n) is 6.34. The van der Waals surface area contributed by atoms with Crippen molar-refractivity contribution in [2.75, 3.05) is 26.2 Å². The summed E-state index contributed by atoms with van der Waals surface area (Å²) in [5.41, 5.74) is 0.322. The Bertz CT molecular complexity index is 1030. The van der Waals surface area contributed by atoms with Gasteiger partial charge in [0.15, 0.2) is 0 Å². The van der Waals surface area contributed by atoms with E-state index in [1.54, 1.807) is 15.9 Å². The minimum absolute atomic E-state index is 0.112. The van der Waals surface area contributed by atoms with Crippen molar-refractivity contribution in [2.24, 2.45) is 0 Å². The molecule has 1 aromatic heterocycles. The monoisotopic (exact) mass is 402 g/mol. The van der Waals surface area contributed by atoms with Gasteiger partial charge < -0.3 is 9.80 Å². The van der Waals surface area contributed by atoms with E-state index in [0.29, 0.717) is 41.6 Å². The molecule has 2 aromatic carbocycles. The quantitative estimate of drug-likeness (QED) is 0.641. The largest absolute Gasteiger partial charge is 0.335 e. The van der Waals surface area contributed by atoms with Crippen molar-refractivity contribution < 1.29 is 14.0 Å². The van der Waals surface area contributed by atoms with E-state index in [4.69, 9.17) is 11.6 Å². The Hall–Kier alpha value is -2.44. The molecular weight excluding hydrogens is 387 g/mol. The van der Waals surface area contributed by atoms with Gasteiger partial charge in [-0.15, -0.1) is 11.3 Å². The van der Waals surface area contributed by atoms with Crippen molar-refractivity contribution in [3.05, 3.63) is 69.8 Å². The fourth-order valence-electron chi connectivity index (χ4n) is 3.21. The van der Waals surface area contributed by atoms with Crippen molar-refractivity contribution in [3.8, 4) is 0 Å². The number of carbonyl (C=O) groups is 2. The van der Waals surface area contributed by atoms with Crippen LogP contribution in [0.5, 0.6) is 0 Å². The van der Waals surface area contributed by atoms with E-state index in [9.17, 15) is 14.0 Å². The summed E-state index contributed by atoms with van der Waals surface area (Å²) in [5, 5.41) is 1.37. The van der Waals surface area contributed by atoms with E-state index in [0.717, 1.165) is 10.1 Å². The van der Waals surface area contributed by atoms with E-state index in [1.165, 1.54) is 29.5 Å². The van der Waals surface area contributed by atoms with Gasteiger partial charge in [-0.2, -0.15) is 0 Å². The molecule has 0 saturated carbocycles. The van der Waals surface area contributed by atoms with Crippen molar-refractivity contribution in [1.29, 1.82) is 0 Å². The molecule has 7 heteroatoms. The van der Waals surface area contributed by atoms with E-state index in [-0.39, 0.29) is 11.8 Å². The molecule has 1 aliphatic heterocycles. The minimum Gasteiger partial charge on any atom is -0.335 e. The van der Waals surface area contributed by atoms with Crippen LogP contribution in [0.3, 0.4) is 0 Å². The first-order valence-corrected chi connectivity index (χ1v) is 9.75. The Morgan fingerprint density at radius 2 is 1.59 bits per heavy atom. The zero-order valence-corrected chi connectivity index (χ0v) is 15.9. The van der Waals surface area contributed by atoms with Gasteiger partial charge in [-0.1, -0.05) is 35.9 Å². The summed E-state index contributed by atoms with van der Waals surface area (Å²) < 4.78 is 14.3. The van der Waals surface area contributed by atoms with E-state index in [1.807, 2.05) is 24.3 Å². The highest BCUT2D eigenvalue weighted by molar-refractivity contribution is 7.21. The maximum atomic E-state index is 13.3. The predicted octanol–water partition coefficient (Wildman–Crippen LogP) is 4.29. The van der Waals surface area contributed by atoms with Crippen molar-refractivity contribution >= 4 is 44.8 Å². The third-order valence-corrected chi connectivity index (χ3v) is 6.32. The molecule has 0 unspecified atom stereocenters. The van der Waals surface area contributed by atoms with Gasteiger partial charge in [0.2, 0.25) is 0 Å². The Morgan fingerprint density at radius 3 is 2.26 bits per heavy atom. The topological polar surface area (TPSA) is 40.6 Å². The fourth-order valence-corrected chi connectivity index (χ4v) is 4.69. The minimum atomic E-state index is -0.436. The number of thiophene rings is 1. The summed E-state index contributed by atoms with van der Waals surface area (Å²) in [7, 11) is 0. The normalized spacial score (nSPS) is 14.6. The standard InChI is InChI=1S/C20H16ClFN2O2S/c21-17-15-6-1-2-7-16(15)27-18(17)20(26)24-10-8-23(9-11-24)19(25)13-4-3-5-14(22)12-13/h1-7,12H,8-11H2. The van der Waals surface area contributed by atoms with Crippen LogP contribution in [0.2, 0.25) is 5.02 Å². The lowest BCUT2D eigenvalue weighted by atomic mass is 10.1. The lowest BCUT2D eigenvalue weighted by Crippen LogP contribution is -2.50. The number of fused-ring (bicyclic) bond motifs is 1. The molecule has 1 aliphatic rings. The SMILES string of the molecule is O=C(c1cccc(F)c1)N1CCN(C(=O)c2sc3ccccc3c2Cl)CC1. The summed E-state index contributed by atoms with van der Waals surface area (Å²) in [4.78, 5) is 29.3. The predicted molar refractivity (Wildman–Crippen MR) is 105 cm³/mol. The fraction of sp³-hybridized carbons (Fsp3) is 0.200. The summed E-state index contributed by atoms with van der Waals surface area (Å²) >= 11 is 7.79. The first kappa shape index (κ1) is 17.9. The average molecular weight is 403 g/mol. The van der Waals surface area contributed by atoms with Gasteiger partial charge in [-0.25, -0.2) is 4.39 Å². The molecule has 2 amide bonds. The number of rotatable bonds is 2. The van der Waals surface area contributed by atoms with Gasteiger partial charge in [0.25, 0.3) is 11.8 Å². The van der Waals surface area contributed by atoms with Crippen LogP contribution < -0.4 is 0 Å². The first-order chi connectivity index (χ1) is 13.0. The van der Waals surface area contributed by atoms with Crippen LogP contribution in [0, 0.1) is 5.82 Å². The number of benzene rings is 2. The van der Waals surface area contributed by atoms with E-state index < -0.39 is 5.82 Å². The summed E-state index contributed by atoms with van der Waals surface area (Å²) in [6, 6.07) is 13.3. The summed E-state index contributed by atoms with van der Waals surface area (Å²) in [5.74, 6) is -0.769. The average Bonchev–Trinajstić information content (AvgIpc) is 3.04. The van der Waals surface area contributed by atoms with Crippen molar-refractivity contribution in [2.45, 2.75) is 0 Å². The molecule has 0 spiro atoms. The van der Waals surface area contributed by atoms with Crippen LogP contribution in [0.15, 0.2) is 48.5 Å². The van der Waals surface area contributed by atoms with Gasteiger partial charge in [0.1, 0.15) is 10.7 Å². The number of carbonyl (C=O) groups excluding carboxylic acids is 2.